The zero-order valence-electron chi connectivity index (χ0n) is 10.5. The van der Waals surface area contributed by atoms with Gasteiger partial charge in [-0.25, -0.2) is 0 Å². The van der Waals surface area contributed by atoms with Crippen LogP contribution in [-0.2, 0) is 26.4 Å². The van der Waals surface area contributed by atoms with Crippen molar-refractivity contribution in [3.8, 4) is 0 Å². The van der Waals surface area contributed by atoms with Crippen LogP contribution < -0.4 is 19.7 Å². The van der Waals surface area contributed by atoms with Gasteiger partial charge in [-0.05, 0) is 0 Å². The maximum Gasteiger partial charge on any atom is 2.00 e. The second-order valence-corrected chi connectivity index (χ2v) is 3.05. The second-order valence-electron chi connectivity index (χ2n) is 3.05. The maximum atomic E-state index is 10.2. The Bertz CT molecular complexity index is 474. The first kappa shape index (κ1) is 20.7. The van der Waals surface area contributed by atoms with E-state index in [-0.39, 0.29) is 16.8 Å². The van der Waals surface area contributed by atoms with Crippen LogP contribution in [0.25, 0.3) is 0 Å². The number of carboxylic acid groups (broad SMARTS) is 2. The van der Waals surface area contributed by atoms with Gasteiger partial charge in [0.15, 0.2) is 24.8 Å². The molecule has 0 bridgehead atoms. The van der Waals surface area contributed by atoms with Crippen molar-refractivity contribution in [3.63, 3.8) is 0 Å². The molecule has 8 nitrogen and oxygen atoms in total. The molecule has 0 atom stereocenters. The Kier molecular flexibility index (Phi) is 12.2. The molecule has 9 heteroatoms. The quantitative estimate of drug-likeness (QED) is 0.288. The summed E-state index contributed by atoms with van der Waals surface area (Å²) < 4.78 is 1.50. The first-order chi connectivity index (χ1) is 9.43. The number of nitrogens with zero attached hydrogens (tertiary/aromatic N) is 2. The average Bonchev–Trinajstić information content (AvgIpc) is 2.42. The predicted octanol–water partition coefficient (Wildman–Crippen LogP) is -2.88. The summed E-state index contributed by atoms with van der Waals surface area (Å²) in [4.78, 5) is 17.9. The van der Waals surface area contributed by atoms with Gasteiger partial charge in [0.05, 0.1) is 11.9 Å². The van der Waals surface area contributed by atoms with Crippen LogP contribution in [0.3, 0.4) is 0 Å². The number of aliphatic carboxylic acids is 2. The fourth-order valence-corrected chi connectivity index (χ4v) is 0.766. The van der Waals surface area contributed by atoms with E-state index in [1.165, 1.54) is 24.8 Å². The predicted molar refractivity (Wildman–Crippen MR) is 60.8 cm³/mol. The Morgan fingerprint density at radius 1 is 0.619 bits per heavy atom. The summed E-state index contributed by atoms with van der Waals surface area (Å²) in [5.41, 5.74) is 0. The number of rotatable bonds is 0. The molecule has 21 heavy (non-hydrogen) atoms. The second kappa shape index (κ2) is 12.4. The van der Waals surface area contributed by atoms with E-state index in [9.17, 15) is 10.4 Å². The largest absolute Gasteiger partial charge is 2.00 e. The summed E-state index contributed by atoms with van der Waals surface area (Å²) in [5, 5.41) is 38.2. The van der Waals surface area contributed by atoms with Crippen molar-refractivity contribution in [1.29, 1.82) is 0 Å². The Morgan fingerprint density at radius 2 is 0.857 bits per heavy atom. The first-order valence-corrected chi connectivity index (χ1v) is 5.13. The van der Waals surface area contributed by atoms with Gasteiger partial charge >= 0.3 is 16.8 Å². The molecule has 0 spiro atoms. The molecule has 0 aliphatic heterocycles. The molecule has 2 aromatic heterocycles. The number of aromatic nitrogens is 2. The standard InChI is InChI=1S/2C5H5NO.C2H2O4.Co/c2*7-6-4-2-1-3-5-6;3-1(4)2(5)6;/h2*1-5H;(H,3,4)(H,5,6);/q;;;+2/p-2. The average molecular weight is 337 g/mol. The SMILES string of the molecule is O=C([O-])C(=O)[O-].[Co+2].[O-][n+]1ccccc1.[O-][n+]1ccccc1. The molecule has 2 heterocycles. The van der Waals surface area contributed by atoms with E-state index in [2.05, 4.69) is 0 Å². The van der Waals surface area contributed by atoms with E-state index in [1.807, 2.05) is 0 Å². The Balaban J connectivity index is 0. The molecule has 0 saturated carbocycles. The van der Waals surface area contributed by atoms with Crippen molar-refractivity contribution in [2.75, 3.05) is 0 Å². The molecular formula is C12H10CoN2O6. The summed E-state index contributed by atoms with van der Waals surface area (Å²) in [6.45, 7) is 0. The normalized spacial score (nSPS) is 7.81. The van der Waals surface area contributed by atoms with Gasteiger partial charge in [-0.2, -0.15) is 9.46 Å². The van der Waals surface area contributed by atoms with Crippen LogP contribution in [0.5, 0.6) is 0 Å². The van der Waals surface area contributed by atoms with Crippen LogP contribution in [0.2, 0.25) is 0 Å². The molecule has 113 valence electrons. The summed E-state index contributed by atoms with van der Waals surface area (Å²) >= 11 is 0. The van der Waals surface area contributed by atoms with Crippen LogP contribution in [0.4, 0.5) is 0 Å². The van der Waals surface area contributed by atoms with Gasteiger partial charge in [-0.3, -0.25) is 0 Å². The molecule has 0 saturated heterocycles. The topological polar surface area (TPSA) is 134 Å². The van der Waals surface area contributed by atoms with E-state index in [0.717, 1.165) is 9.46 Å². The van der Waals surface area contributed by atoms with Gasteiger partial charge in [-0.15, -0.1) is 0 Å². The van der Waals surface area contributed by atoms with Gasteiger partial charge in [0.25, 0.3) is 0 Å². The minimum atomic E-state index is -2.19. The van der Waals surface area contributed by atoms with Crippen LogP contribution in [0, 0.1) is 10.4 Å². The van der Waals surface area contributed by atoms with Crippen molar-refractivity contribution in [1.82, 2.24) is 0 Å². The van der Waals surface area contributed by atoms with Crippen molar-refractivity contribution >= 4 is 11.9 Å². The third-order valence-electron chi connectivity index (χ3n) is 1.54. The van der Waals surface area contributed by atoms with Crippen molar-refractivity contribution in [2.24, 2.45) is 0 Å². The summed E-state index contributed by atoms with van der Waals surface area (Å²) in [6.07, 6.45) is 5.78. The first-order valence-electron chi connectivity index (χ1n) is 5.13. The van der Waals surface area contributed by atoms with Gasteiger partial charge < -0.3 is 30.2 Å². The van der Waals surface area contributed by atoms with Crippen LogP contribution in [0.15, 0.2) is 61.2 Å². The molecule has 2 aromatic rings. The zero-order chi connectivity index (χ0) is 15.4. The monoisotopic (exact) mass is 337 g/mol. The Morgan fingerprint density at radius 3 is 0.952 bits per heavy atom. The van der Waals surface area contributed by atoms with E-state index < -0.39 is 11.9 Å². The number of hydrogen-bond donors (Lipinski definition) is 0. The van der Waals surface area contributed by atoms with Gasteiger partial charge in [0, 0.05) is 24.3 Å². The Labute approximate surface area is 130 Å². The van der Waals surface area contributed by atoms with Crippen molar-refractivity contribution in [3.05, 3.63) is 71.6 Å². The van der Waals surface area contributed by atoms with Crippen molar-refractivity contribution < 1.29 is 46.0 Å². The molecule has 0 aromatic carbocycles. The minimum absolute atomic E-state index is 0. The van der Waals surface area contributed by atoms with E-state index in [4.69, 9.17) is 19.8 Å². The van der Waals surface area contributed by atoms with E-state index in [1.54, 1.807) is 36.4 Å². The molecule has 0 fully saturated rings. The molecule has 0 N–H and O–H groups in total. The number of carbonyl (C=O) groups is 2. The summed E-state index contributed by atoms with van der Waals surface area (Å²) in [6, 6.07) is 10.4. The molecule has 2 rings (SSSR count). The minimum Gasteiger partial charge on any atom is -0.619 e. The van der Waals surface area contributed by atoms with E-state index >= 15 is 0 Å². The molecular weight excluding hydrogens is 327 g/mol. The number of hydrogen-bond acceptors (Lipinski definition) is 6. The fraction of sp³-hybridized carbons (Fsp3) is 0. The van der Waals surface area contributed by atoms with Crippen molar-refractivity contribution in [2.45, 2.75) is 0 Å². The summed E-state index contributed by atoms with van der Waals surface area (Å²) in [5.74, 6) is -4.37. The van der Waals surface area contributed by atoms with Crippen LogP contribution in [-0.4, -0.2) is 11.9 Å². The number of pyridine rings is 2. The van der Waals surface area contributed by atoms with Crippen LogP contribution in [0.1, 0.15) is 0 Å². The van der Waals surface area contributed by atoms with E-state index in [0.29, 0.717) is 0 Å². The molecule has 0 unspecified atom stereocenters. The fourth-order valence-electron chi connectivity index (χ4n) is 0.766. The third-order valence-corrected chi connectivity index (χ3v) is 1.54. The smallest absolute Gasteiger partial charge is 0.619 e. The number of carbonyl (C=O) groups excluding carboxylic acids is 2. The third kappa shape index (κ3) is 13.6. The number of carboxylic acids is 2. The molecule has 0 aliphatic carbocycles. The van der Waals surface area contributed by atoms with Gasteiger partial charge in [0.2, 0.25) is 0 Å². The molecule has 0 amide bonds. The summed E-state index contributed by atoms with van der Waals surface area (Å²) in [7, 11) is 0. The zero-order valence-corrected chi connectivity index (χ0v) is 11.5. The van der Waals surface area contributed by atoms with Gasteiger partial charge in [-0.1, -0.05) is 12.1 Å². The molecule has 1 radical (unpaired) electrons. The Hall–Kier alpha value is -2.65. The van der Waals surface area contributed by atoms with Crippen LogP contribution >= 0.6 is 0 Å². The maximum absolute atomic E-state index is 10.2. The van der Waals surface area contributed by atoms with Gasteiger partial charge in [0.1, 0.15) is 0 Å². The molecule has 0 aliphatic rings.